The fourth-order valence-electron chi connectivity index (χ4n) is 1.80. The first-order valence-corrected chi connectivity index (χ1v) is 7.59. The van der Waals surface area contributed by atoms with Gasteiger partial charge in [-0.3, -0.25) is 0 Å². The van der Waals surface area contributed by atoms with Gasteiger partial charge in [0.15, 0.2) is 0 Å². The monoisotopic (exact) mass is 338 g/mol. The molecule has 0 aliphatic heterocycles. The number of halogens is 1. The Morgan fingerprint density at radius 1 is 1.17 bits per heavy atom. The lowest BCUT2D eigenvalue weighted by atomic mass is 10.2. The molecule has 0 spiro atoms. The minimum absolute atomic E-state index is 0.360. The molecule has 0 saturated carbocycles. The number of carboxylic acid groups (broad SMARTS) is 1. The van der Waals surface area contributed by atoms with E-state index in [0.29, 0.717) is 5.56 Å². The minimum atomic E-state index is -0.885. The van der Waals surface area contributed by atoms with Gasteiger partial charge in [0, 0.05) is 9.58 Å². The SMILES string of the molecule is O=C(O)c1cc(Br)sc1-c1cc2ccccc2s1. The van der Waals surface area contributed by atoms with Crippen LogP contribution in [0.4, 0.5) is 0 Å². The van der Waals surface area contributed by atoms with E-state index in [2.05, 4.69) is 15.9 Å². The topological polar surface area (TPSA) is 37.3 Å². The van der Waals surface area contributed by atoms with Crippen molar-refractivity contribution in [2.45, 2.75) is 0 Å². The molecular weight excluding hydrogens is 332 g/mol. The number of carboxylic acids is 1. The number of benzene rings is 1. The molecule has 90 valence electrons. The van der Waals surface area contributed by atoms with Crippen molar-refractivity contribution in [3.63, 3.8) is 0 Å². The van der Waals surface area contributed by atoms with Crippen molar-refractivity contribution < 1.29 is 9.90 Å². The summed E-state index contributed by atoms with van der Waals surface area (Å²) in [5.41, 5.74) is 0.360. The van der Waals surface area contributed by atoms with Crippen molar-refractivity contribution >= 4 is 54.7 Å². The molecule has 2 aromatic heterocycles. The van der Waals surface area contributed by atoms with E-state index in [9.17, 15) is 9.90 Å². The largest absolute Gasteiger partial charge is 0.478 e. The molecule has 2 nitrogen and oxygen atoms in total. The van der Waals surface area contributed by atoms with Crippen LogP contribution in [-0.4, -0.2) is 11.1 Å². The first-order chi connectivity index (χ1) is 8.65. The summed E-state index contributed by atoms with van der Waals surface area (Å²) in [6.45, 7) is 0. The van der Waals surface area contributed by atoms with Crippen LogP contribution in [0.5, 0.6) is 0 Å². The Labute approximate surface area is 120 Å². The van der Waals surface area contributed by atoms with E-state index in [1.54, 1.807) is 17.4 Å². The van der Waals surface area contributed by atoms with Crippen molar-refractivity contribution in [1.29, 1.82) is 0 Å². The predicted octanol–water partition coefficient (Wildman–Crippen LogP) is 5.09. The molecule has 0 unspecified atom stereocenters. The molecule has 0 amide bonds. The van der Waals surface area contributed by atoms with Crippen LogP contribution in [0.15, 0.2) is 40.2 Å². The summed E-state index contributed by atoms with van der Waals surface area (Å²) in [4.78, 5) is 13.0. The zero-order chi connectivity index (χ0) is 12.7. The van der Waals surface area contributed by atoms with E-state index in [0.717, 1.165) is 18.9 Å². The average molecular weight is 339 g/mol. The zero-order valence-electron chi connectivity index (χ0n) is 9.01. The number of fused-ring (bicyclic) bond motifs is 1. The molecule has 0 aliphatic rings. The number of hydrogen-bond donors (Lipinski definition) is 1. The molecule has 5 heteroatoms. The maximum Gasteiger partial charge on any atom is 0.337 e. The lowest BCUT2D eigenvalue weighted by Gasteiger charge is -1.94. The van der Waals surface area contributed by atoms with E-state index in [4.69, 9.17) is 0 Å². The minimum Gasteiger partial charge on any atom is -0.478 e. The molecule has 1 N–H and O–H groups in total. The standard InChI is InChI=1S/C13H7BrO2S2/c14-11-6-8(13(15)16)12(18-11)10-5-7-3-1-2-4-9(7)17-10/h1-6H,(H,15,16). The van der Waals surface area contributed by atoms with Gasteiger partial charge in [0.1, 0.15) is 0 Å². The Morgan fingerprint density at radius 3 is 2.67 bits per heavy atom. The summed E-state index contributed by atoms with van der Waals surface area (Å²) in [6.07, 6.45) is 0. The molecule has 0 fully saturated rings. The van der Waals surface area contributed by atoms with Crippen LogP contribution in [0.3, 0.4) is 0 Å². The highest BCUT2D eigenvalue weighted by molar-refractivity contribution is 9.11. The molecule has 0 saturated heterocycles. The van der Waals surface area contributed by atoms with Crippen molar-refractivity contribution in [3.8, 4) is 9.75 Å². The Bertz CT molecular complexity index is 709. The molecule has 0 aliphatic carbocycles. The van der Waals surface area contributed by atoms with E-state index in [-0.39, 0.29) is 0 Å². The van der Waals surface area contributed by atoms with Gasteiger partial charge in [-0.1, -0.05) is 18.2 Å². The summed E-state index contributed by atoms with van der Waals surface area (Å²) in [5, 5.41) is 10.4. The quantitative estimate of drug-likeness (QED) is 0.706. The summed E-state index contributed by atoms with van der Waals surface area (Å²) < 4.78 is 2.01. The Balaban J connectivity index is 2.22. The normalized spacial score (nSPS) is 10.9. The fraction of sp³-hybridized carbons (Fsp3) is 0. The zero-order valence-corrected chi connectivity index (χ0v) is 12.2. The third kappa shape index (κ3) is 1.98. The molecule has 0 bridgehead atoms. The van der Waals surface area contributed by atoms with Crippen LogP contribution in [0, 0.1) is 0 Å². The van der Waals surface area contributed by atoms with Crippen LogP contribution in [-0.2, 0) is 0 Å². The first-order valence-electron chi connectivity index (χ1n) is 5.17. The van der Waals surface area contributed by atoms with Crippen LogP contribution >= 0.6 is 38.6 Å². The number of rotatable bonds is 2. The second-order valence-corrected chi connectivity index (χ2v) is 7.26. The number of carbonyl (C=O) groups is 1. The molecule has 3 aromatic rings. The highest BCUT2D eigenvalue weighted by atomic mass is 79.9. The Hall–Kier alpha value is -1.17. The van der Waals surface area contributed by atoms with Gasteiger partial charge in [0.05, 0.1) is 14.2 Å². The van der Waals surface area contributed by atoms with Gasteiger partial charge in [-0.2, -0.15) is 0 Å². The van der Waals surface area contributed by atoms with Gasteiger partial charge in [-0.15, -0.1) is 22.7 Å². The van der Waals surface area contributed by atoms with Gasteiger partial charge in [0.25, 0.3) is 0 Å². The van der Waals surface area contributed by atoms with Gasteiger partial charge in [0.2, 0.25) is 0 Å². The van der Waals surface area contributed by atoms with Crippen LogP contribution in [0.25, 0.3) is 19.8 Å². The van der Waals surface area contributed by atoms with E-state index in [1.165, 1.54) is 16.0 Å². The second kappa shape index (κ2) is 4.50. The van der Waals surface area contributed by atoms with Crippen molar-refractivity contribution in [3.05, 3.63) is 45.7 Å². The molecule has 18 heavy (non-hydrogen) atoms. The molecule has 0 radical (unpaired) electrons. The molecule has 2 heterocycles. The van der Waals surface area contributed by atoms with Gasteiger partial charge in [-0.05, 0) is 39.5 Å². The van der Waals surface area contributed by atoms with Crippen molar-refractivity contribution in [2.75, 3.05) is 0 Å². The third-order valence-electron chi connectivity index (χ3n) is 2.58. The molecule has 1 aromatic carbocycles. The number of hydrogen-bond acceptors (Lipinski definition) is 3. The molecule has 3 rings (SSSR count). The summed E-state index contributed by atoms with van der Waals surface area (Å²) in [6, 6.07) is 11.8. The van der Waals surface area contributed by atoms with Gasteiger partial charge >= 0.3 is 5.97 Å². The predicted molar refractivity (Wildman–Crippen MR) is 79.8 cm³/mol. The van der Waals surface area contributed by atoms with E-state index >= 15 is 0 Å². The smallest absolute Gasteiger partial charge is 0.337 e. The van der Waals surface area contributed by atoms with Crippen molar-refractivity contribution in [1.82, 2.24) is 0 Å². The first kappa shape index (κ1) is 11.9. The van der Waals surface area contributed by atoms with Crippen LogP contribution < -0.4 is 0 Å². The summed E-state index contributed by atoms with van der Waals surface area (Å²) in [7, 11) is 0. The lowest BCUT2D eigenvalue weighted by molar-refractivity contribution is 0.0698. The fourth-order valence-corrected chi connectivity index (χ4v) is 4.57. The summed E-state index contributed by atoms with van der Waals surface area (Å²) in [5.74, 6) is -0.885. The lowest BCUT2D eigenvalue weighted by Crippen LogP contribution is -1.94. The highest BCUT2D eigenvalue weighted by Crippen LogP contribution is 2.41. The Morgan fingerprint density at radius 2 is 1.94 bits per heavy atom. The molecular formula is C13H7BrO2S2. The van der Waals surface area contributed by atoms with Gasteiger partial charge < -0.3 is 5.11 Å². The van der Waals surface area contributed by atoms with E-state index < -0.39 is 5.97 Å². The Kier molecular flexibility index (Phi) is 2.97. The van der Waals surface area contributed by atoms with Crippen LogP contribution in [0.1, 0.15) is 10.4 Å². The third-order valence-corrected chi connectivity index (χ3v) is 5.52. The second-order valence-electron chi connectivity index (χ2n) is 3.75. The maximum absolute atomic E-state index is 11.2. The van der Waals surface area contributed by atoms with Crippen LogP contribution in [0.2, 0.25) is 0 Å². The number of aromatic carboxylic acids is 1. The van der Waals surface area contributed by atoms with Crippen molar-refractivity contribution in [2.24, 2.45) is 0 Å². The maximum atomic E-state index is 11.2. The number of thiophene rings is 2. The molecule has 0 atom stereocenters. The van der Waals surface area contributed by atoms with Gasteiger partial charge in [-0.25, -0.2) is 4.79 Å². The highest BCUT2D eigenvalue weighted by Gasteiger charge is 2.17. The summed E-state index contributed by atoms with van der Waals surface area (Å²) >= 11 is 6.43. The van der Waals surface area contributed by atoms with E-state index in [1.807, 2.05) is 30.3 Å². The average Bonchev–Trinajstić information content (AvgIpc) is 2.91.